The number of amides is 1. The summed E-state index contributed by atoms with van der Waals surface area (Å²) in [5, 5.41) is 15.0. The number of aromatic nitrogens is 2. The normalized spacial score (nSPS) is 15.6. The average molecular weight is 447 g/mol. The van der Waals surface area contributed by atoms with E-state index >= 15 is 0 Å². The maximum atomic E-state index is 12.6. The molecular formula is C24H25N5O4. The van der Waals surface area contributed by atoms with E-state index in [4.69, 9.17) is 4.52 Å². The van der Waals surface area contributed by atoms with Crippen LogP contribution >= 0.6 is 0 Å². The van der Waals surface area contributed by atoms with Crippen LogP contribution in [0.2, 0.25) is 0 Å². The summed E-state index contributed by atoms with van der Waals surface area (Å²) in [6, 6.07) is 14.1. The van der Waals surface area contributed by atoms with Gasteiger partial charge in [-0.25, -0.2) is 0 Å². The first-order chi connectivity index (χ1) is 15.9. The Hall–Kier alpha value is -3.85. The Morgan fingerprint density at radius 2 is 1.88 bits per heavy atom. The molecule has 9 heteroatoms. The van der Waals surface area contributed by atoms with Crippen molar-refractivity contribution in [2.45, 2.75) is 19.9 Å². The summed E-state index contributed by atoms with van der Waals surface area (Å²) in [7, 11) is 0. The second-order valence-corrected chi connectivity index (χ2v) is 8.04. The molecule has 0 radical (unpaired) electrons. The largest absolute Gasteiger partial charge is 0.337 e. The highest BCUT2D eigenvalue weighted by Crippen LogP contribution is 2.24. The van der Waals surface area contributed by atoms with Gasteiger partial charge in [0, 0.05) is 50.0 Å². The number of non-ortho nitro benzene ring substituents is 1. The molecule has 2 heterocycles. The SMILES string of the molecule is Cc1ccc(-c2noc(C(C)N3CCN(C(=O)/C=C/c4cccc([N+](=O)[O-])c4)CC3)n2)cc1. The van der Waals surface area contributed by atoms with Crippen LogP contribution in [0.5, 0.6) is 0 Å². The van der Waals surface area contributed by atoms with Gasteiger partial charge in [0.05, 0.1) is 11.0 Å². The number of nitro benzene ring substituents is 1. The predicted octanol–water partition coefficient (Wildman–Crippen LogP) is 3.87. The molecule has 1 aromatic heterocycles. The number of aryl methyl sites for hydroxylation is 1. The van der Waals surface area contributed by atoms with Gasteiger partial charge in [-0.1, -0.05) is 47.1 Å². The van der Waals surface area contributed by atoms with E-state index in [9.17, 15) is 14.9 Å². The molecule has 0 aliphatic carbocycles. The van der Waals surface area contributed by atoms with Crippen LogP contribution < -0.4 is 0 Å². The third-order valence-electron chi connectivity index (χ3n) is 5.78. The van der Waals surface area contributed by atoms with E-state index in [1.165, 1.54) is 23.8 Å². The highest BCUT2D eigenvalue weighted by Gasteiger charge is 2.27. The molecule has 0 saturated carbocycles. The van der Waals surface area contributed by atoms with Crippen LogP contribution in [0.3, 0.4) is 0 Å². The summed E-state index contributed by atoms with van der Waals surface area (Å²) in [6.07, 6.45) is 3.07. The molecule has 1 atom stereocenters. The van der Waals surface area contributed by atoms with Crippen LogP contribution in [0.25, 0.3) is 17.5 Å². The summed E-state index contributed by atoms with van der Waals surface area (Å²) in [6.45, 7) is 6.55. The minimum Gasteiger partial charge on any atom is -0.337 e. The van der Waals surface area contributed by atoms with E-state index in [1.54, 1.807) is 23.1 Å². The van der Waals surface area contributed by atoms with E-state index in [0.717, 1.165) is 5.56 Å². The first-order valence-electron chi connectivity index (χ1n) is 10.8. The van der Waals surface area contributed by atoms with Crippen LogP contribution in [0.1, 0.15) is 30.0 Å². The number of benzene rings is 2. The smallest absolute Gasteiger partial charge is 0.270 e. The second kappa shape index (κ2) is 9.74. The number of rotatable bonds is 6. The van der Waals surface area contributed by atoms with Crippen molar-refractivity contribution < 1.29 is 14.2 Å². The number of carbonyl (C=O) groups is 1. The van der Waals surface area contributed by atoms with Gasteiger partial charge in [0.2, 0.25) is 17.6 Å². The van der Waals surface area contributed by atoms with Gasteiger partial charge in [-0.05, 0) is 25.5 Å². The summed E-state index contributed by atoms with van der Waals surface area (Å²) < 4.78 is 5.51. The van der Waals surface area contributed by atoms with Gasteiger partial charge >= 0.3 is 0 Å². The summed E-state index contributed by atoms with van der Waals surface area (Å²) in [4.78, 5) is 31.6. The Morgan fingerprint density at radius 1 is 1.15 bits per heavy atom. The standard InChI is InChI=1S/C24H25N5O4/c1-17-6-9-20(10-7-17)23-25-24(33-26-23)18(2)27-12-14-28(15-13-27)22(30)11-8-19-4-3-5-21(16-19)29(31)32/h3-11,16,18H,12-15H2,1-2H3/b11-8+. The molecule has 1 aliphatic heterocycles. The third-order valence-corrected chi connectivity index (χ3v) is 5.78. The molecule has 1 unspecified atom stereocenters. The van der Waals surface area contributed by atoms with E-state index in [2.05, 4.69) is 15.0 Å². The number of carbonyl (C=O) groups excluding carboxylic acids is 1. The van der Waals surface area contributed by atoms with Gasteiger partial charge in [0.15, 0.2) is 0 Å². The lowest BCUT2D eigenvalue weighted by Gasteiger charge is -2.36. The predicted molar refractivity (Wildman–Crippen MR) is 123 cm³/mol. The third kappa shape index (κ3) is 5.32. The van der Waals surface area contributed by atoms with E-state index < -0.39 is 4.92 Å². The van der Waals surface area contributed by atoms with Gasteiger partial charge in [-0.2, -0.15) is 4.98 Å². The highest BCUT2D eigenvalue weighted by molar-refractivity contribution is 5.92. The molecule has 4 rings (SSSR count). The van der Waals surface area contributed by atoms with Gasteiger partial charge in [0.25, 0.3) is 5.69 Å². The molecule has 1 fully saturated rings. The molecular weight excluding hydrogens is 422 g/mol. The molecule has 170 valence electrons. The van der Waals surface area contributed by atoms with Crippen molar-refractivity contribution >= 4 is 17.7 Å². The highest BCUT2D eigenvalue weighted by atomic mass is 16.6. The molecule has 9 nitrogen and oxygen atoms in total. The summed E-state index contributed by atoms with van der Waals surface area (Å²) in [5.41, 5.74) is 2.70. The maximum Gasteiger partial charge on any atom is 0.270 e. The monoisotopic (exact) mass is 447 g/mol. The number of hydrogen-bond donors (Lipinski definition) is 0. The lowest BCUT2D eigenvalue weighted by atomic mass is 10.1. The topological polar surface area (TPSA) is 106 Å². The van der Waals surface area contributed by atoms with Gasteiger partial charge in [-0.15, -0.1) is 0 Å². The molecule has 0 bridgehead atoms. The maximum absolute atomic E-state index is 12.6. The Labute approximate surface area is 191 Å². The van der Waals surface area contributed by atoms with Crippen LogP contribution in [0.15, 0.2) is 59.1 Å². The quantitative estimate of drug-likeness (QED) is 0.321. The van der Waals surface area contributed by atoms with Crippen molar-refractivity contribution in [2.75, 3.05) is 26.2 Å². The van der Waals surface area contributed by atoms with Crippen LogP contribution in [-0.4, -0.2) is 56.9 Å². The lowest BCUT2D eigenvalue weighted by molar-refractivity contribution is -0.384. The van der Waals surface area contributed by atoms with Crippen LogP contribution in [-0.2, 0) is 4.79 Å². The molecule has 1 amide bonds. The zero-order valence-corrected chi connectivity index (χ0v) is 18.5. The first kappa shape index (κ1) is 22.3. The fourth-order valence-corrected chi connectivity index (χ4v) is 3.73. The Kier molecular flexibility index (Phi) is 6.60. The zero-order valence-electron chi connectivity index (χ0n) is 18.5. The molecule has 0 spiro atoms. The van der Waals surface area contributed by atoms with Crippen LogP contribution in [0, 0.1) is 17.0 Å². The number of nitro groups is 1. The molecule has 0 N–H and O–H groups in total. The molecule has 33 heavy (non-hydrogen) atoms. The van der Waals surface area contributed by atoms with Crippen molar-refractivity contribution in [3.8, 4) is 11.4 Å². The van der Waals surface area contributed by atoms with Crippen molar-refractivity contribution in [3.63, 3.8) is 0 Å². The molecule has 1 saturated heterocycles. The van der Waals surface area contributed by atoms with Crippen molar-refractivity contribution in [1.82, 2.24) is 19.9 Å². The average Bonchev–Trinajstić information content (AvgIpc) is 3.33. The Morgan fingerprint density at radius 3 is 2.58 bits per heavy atom. The molecule has 2 aromatic carbocycles. The minimum atomic E-state index is -0.452. The second-order valence-electron chi connectivity index (χ2n) is 8.04. The van der Waals surface area contributed by atoms with E-state index in [-0.39, 0.29) is 17.6 Å². The lowest BCUT2D eigenvalue weighted by Crippen LogP contribution is -2.48. The minimum absolute atomic E-state index is 0.00115. The van der Waals surface area contributed by atoms with E-state index in [0.29, 0.717) is 43.5 Å². The summed E-state index contributed by atoms with van der Waals surface area (Å²) in [5.74, 6) is 1.00. The zero-order chi connectivity index (χ0) is 23.4. The fraction of sp³-hybridized carbons (Fsp3) is 0.292. The number of hydrogen-bond acceptors (Lipinski definition) is 7. The Balaban J connectivity index is 1.33. The molecule has 3 aromatic rings. The van der Waals surface area contributed by atoms with E-state index in [1.807, 2.05) is 38.1 Å². The van der Waals surface area contributed by atoms with Gasteiger partial charge in [-0.3, -0.25) is 19.8 Å². The van der Waals surface area contributed by atoms with Crippen molar-refractivity contribution in [3.05, 3.63) is 81.7 Å². The van der Waals surface area contributed by atoms with Gasteiger partial charge < -0.3 is 9.42 Å². The fourth-order valence-electron chi connectivity index (χ4n) is 3.73. The van der Waals surface area contributed by atoms with Crippen LogP contribution in [0.4, 0.5) is 5.69 Å². The van der Waals surface area contributed by atoms with Gasteiger partial charge in [0.1, 0.15) is 0 Å². The number of piperazine rings is 1. The van der Waals surface area contributed by atoms with Crippen molar-refractivity contribution in [1.29, 1.82) is 0 Å². The summed E-state index contributed by atoms with van der Waals surface area (Å²) >= 11 is 0. The number of nitrogens with zero attached hydrogens (tertiary/aromatic N) is 5. The Bertz CT molecular complexity index is 1160. The molecule has 1 aliphatic rings. The first-order valence-corrected chi connectivity index (χ1v) is 10.8. The van der Waals surface area contributed by atoms with Crippen molar-refractivity contribution in [2.24, 2.45) is 0 Å².